The van der Waals surface area contributed by atoms with Crippen LogP contribution < -0.4 is 5.73 Å². The van der Waals surface area contributed by atoms with E-state index in [-0.39, 0.29) is 0 Å². The largest absolute Gasteiger partial charge is 0.391 e. The molecule has 0 saturated carbocycles. The van der Waals surface area contributed by atoms with Gasteiger partial charge in [0.1, 0.15) is 5.82 Å². The van der Waals surface area contributed by atoms with Crippen LogP contribution in [0.25, 0.3) is 0 Å². The van der Waals surface area contributed by atoms with Gasteiger partial charge in [-0.1, -0.05) is 6.92 Å². The van der Waals surface area contributed by atoms with Gasteiger partial charge in [-0.3, -0.25) is 4.68 Å². The van der Waals surface area contributed by atoms with E-state index in [1.807, 2.05) is 6.92 Å². The number of aliphatic hydroxyl groups is 1. The molecule has 0 bridgehead atoms. The Morgan fingerprint density at radius 3 is 2.62 bits per heavy atom. The highest BCUT2D eigenvalue weighted by Gasteiger charge is 2.18. The molecule has 2 atom stereocenters. The second-order valence-electron chi connectivity index (χ2n) is 3.13. The molecule has 0 fully saturated rings. The third-order valence-electron chi connectivity index (χ3n) is 1.97. The molecule has 1 aromatic heterocycles. The number of rotatable bonds is 3. The van der Waals surface area contributed by atoms with Crippen molar-refractivity contribution in [1.29, 1.82) is 0 Å². The lowest BCUT2D eigenvalue weighted by atomic mass is 10.2. The molecule has 5 heteroatoms. The highest BCUT2D eigenvalue weighted by Crippen LogP contribution is 2.11. The van der Waals surface area contributed by atoms with E-state index in [1.165, 1.54) is 0 Å². The zero-order valence-electron chi connectivity index (χ0n) is 8.23. The molecule has 0 aliphatic carbocycles. The van der Waals surface area contributed by atoms with Gasteiger partial charge in [0.05, 0.1) is 12.1 Å². The van der Waals surface area contributed by atoms with E-state index >= 15 is 0 Å². The molecular formula is C8H16N4O. The van der Waals surface area contributed by atoms with Crippen molar-refractivity contribution in [3.05, 3.63) is 11.6 Å². The van der Waals surface area contributed by atoms with Gasteiger partial charge in [0.25, 0.3) is 0 Å². The Balaban J connectivity index is 2.93. The van der Waals surface area contributed by atoms with Gasteiger partial charge < -0.3 is 10.8 Å². The Bertz CT molecular complexity index is 282. The van der Waals surface area contributed by atoms with Gasteiger partial charge in [0, 0.05) is 13.5 Å². The van der Waals surface area contributed by atoms with Crippen LogP contribution in [0.4, 0.5) is 0 Å². The summed E-state index contributed by atoms with van der Waals surface area (Å²) in [5.74, 6) is 1.39. The van der Waals surface area contributed by atoms with Crippen LogP contribution in [-0.2, 0) is 13.5 Å². The van der Waals surface area contributed by atoms with Crippen LogP contribution in [0.15, 0.2) is 0 Å². The maximum Gasteiger partial charge on any atom is 0.150 e. The minimum atomic E-state index is -0.604. The first-order valence-corrected chi connectivity index (χ1v) is 4.39. The number of hydrogen-bond donors (Lipinski definition) is 2. The molecular weight excluding hydrogens is 168 g/mol. The molecule has 0 aliphatic rings. The SMILES string of the molecule is CCc1nc(C(N)C(C)O)n(C)n1. The molecule has 74 valence electrons. The van der Waals surface area contributed by atoms with E-state index in [9.17, 15) is 5.11 Å². The zero-order chi connectivity index (χ0) is 10.0. The van der Waals surface area contributed by atoms with E-state index in [4.69, 9.17) is 5.73 Å². The Morgan fingerprint density at radius 2 is 2.23 bits per heavy atom. The molecule has 0 spiro atoms. The molecule has 0 aliphatic heterocycles. The summed E-state index contributed by atoms with van der Waals surface area (Å²) in [4.78, 5) is 4.22. The predicted octanol–water partition coefficient (Wildman–Crippen LogP) is -0.242. The summed E-state index contributed by atoms with van der Waals surface area (Å²) in [6.45, 7) is 3.62. The number of aryl methyl sites for hydroxylation is 2. The van der Waals surface area contributed by atoms with Gasteiger partial charge in [-0.15, -0.1) is 0 Å². The molecule has 0 aromatic carbocycles. The first-order valence-electron chi connectivity index (χ1n) is 4.39. The number of nitrogens with zero attached hydrogens (tertiary/aromatic N) is 3. The van der Waals surface area contributed by atoms with Crippen molar-refractivity contribution in [3.63, 3.8) is 0 Å². The summed E-state index contributed by atoms with van der Waals surface area (Å²) in [5, 5.41) is 13.4. The molecule has 3 N–H and O–H groups in total. The number of aliphatic hydroxyl groups excluding tert-OH is 1. The highest BCUT2D eigenvalue weighted by atomic mass is 16.3. The van der Waals surface area contributed by atoms with Crippen LogP contribution in [0.2, 0.25) is 0 Å². The average molecular weight is 184 g/mol. The maximum absolute atomic E-state index is 9.27. The Hall–Kier alpha value is -0.940. The lowest BCUT2D eigenvalue weighted by molar-refractivity contribution is 0.158. The Labute approximate surface area is 77.6 Å². The average Bonchev–Trinajstić information content (AvgIpc) is 2.45. The predicted molar refractivity (Wildman–Crippen MR) is 49.0 cm³/mol. The first kappa shape index (κ1) is 10.1. The second-order valence-corrected chi connectivity index (χ2v) is 3.13. The molecule has 13 heavy (non-hydrogen) atoms. The summed E-state index contributed by atoms with van der Waals surface area (Å²) in [5.41, 5.74) is 5.73. The van der Waals surface area contributed by atoms with E-state index in [0.717, 1.165) is 12.2 Å². The van der Waals surface area contributed by atoms with E-state index < -0.39 is 12.1 Å². The quantitative estimate of drug-likeness (QED) is 0.679. The van der Waals surface area contributed by atoms with Crippen molar-refractivity contribution in [2.75, 3.05) is 0 Å². The van der Waals surface area contributed by atoms with Crippen LogP contribution in [0.5, 0.6) is 0 Å². The second kappa shape index (κ2) is 3.85. The standard InChI is InChI=1S/C8H16N4O/c1-4-6-10-8(12(3)11-6)7(9)5(2)13/h5,7,13H,4,9H2,1-3H3. The molecule has 1 heterocycles. The first-order chi connectivity index (χ1) is 6.06. The third kappa shape index (κ3) is 2.05. The van der Waals surface area contributed by atoms with Gasteiger partial charge in [-0.05, 0) is 6.92 Å². The smallest absolute Gasteiger partial charge is 0.150 e. The van der Waals surface area contributed by atoms with Crippen LogP contribution >= 0.6 is 0 Å². The van der Waals surface area contributed by atoms with Crippen molar-refractivity contribution in [1.82, 2.24) is 14.8 Å². The molecule has 0 radical (unpaired) electrons. The fourth-order valence-electron chi connectivity index (χ4n) is 1.11. The van der Waals surface area contributed by atoms with Gasteiger partial charge in [0.2, 0.25) is 0 Å². The Kier molecular flexibility index (Phi) is 3.00. The fourth-order valence-corrected chi connectivity index (χ4v) is 1.11. The molecule has 5 nitrogen and oxygen atoms in total. The lowest BCUT2D eigenvalue weighted by Gasteiger charge is -2.12. The number of nitrogens with two attached hydrogens (primary N) is 1. The molecule has 0 amide bonds. The third-order valence-corrected chi connectivity index (χ3v) is 1.97. The van der Waals surface area contributed by atoms with Crippen molar-refractivity contribution in [3.8, 4) is 0 Å². The van der Waals surface area contributed by atoms with Crippen molar-refractivity contribution in [2.45, 2.75) is 32.4 Å². The molecule has 1 aromatic rings. The summed E-state index contributed by atoms with van der Waals surface area (Å²) in [6.07, 6.45) is 0.174. The molecule has 1 rings (SSSR count). The number of aromatic nitrogens is 3. The molecule has 0 saturated heterocycles. The summed E-state index contributed by atoms with van der Waals surface area (Å²) in [7, 11) is 1.78. The van der Waals surface area contributed by atoms with E-state index in [0.29, 0.717) is 5.82 Å². The van der Waals surface area contributed by atoms with Gasteiger partial charge in [-0.2, -0.15) is 5.10 Å². The highest BCUT2D eigenvalue weighted by molar-refractivity contribution is 4.99. The zero-order valence-corrected chi connectivity index (χ0v) is 8.23. The fraction of sp³-hybridized carbons (Fsp3) is 0.750. The lowest BCUT2D eigenvalue weighted by Crippen LogP contribution is -2.26. The van der Waals surface area contributed by atoms with Gasteiger partial charge in [-0.25, -0.2) is 4.98 Å². The summed E-state index contributed by atoms with van der Waals surface area (Å²) in [6, 6.07) is -0.460. The normalized spacial score (nSPS) is 15.8. The summed E-state index contributed by atoms with van der Waals surface area (Å²) >= 11 is 0. The van der Waals surface area contributed by atoms with Crippen LogP contribution in [0, 0.1) is 0 Å². The maximum atomic E-state index is 9.27. The van der Waals surface area contributed by atoms with Crippen LogP contribution in [0.3, 0.4) is 0 Å². The Morgan fingerprint density at radius 1 is 1.62 bits per heavy atom. The van der Waals surface area contributed by atoms with E-state index in [1.54, 1.807) is 18.7 Å². The molecule has 2 unspecified atom stereocenters. The van der Waals surface area contributed by atoms with Gasteiger partial charge in [0.15, 0.2) is 5.82 Å². The van der Waals surface area contributed by atoms with Crippen molar-refractivity contribution >= 4 is 0 Å². The number of hydrogen-bond acceptors (Lipinski definition) is 4. The van der Waals surface area contributed by atoms with Crippen LogP contribution in [0.1, 0.15) is 31.5 Å². The van der Waals surface area contributed by atoms with E-state index in [2.05, 4.69) is 10.1 Å². The van der Waals surface area contributed by atoms with Crippen molar-refractivity contribution in [2.24, 2.45) is 12.8 Å². The topological polar surface area (TPSA) is 77.0 Å². The van der Waals surface area contributed by atoms with Crippen molar-refractivity contribution < 1.29 is 5.11 Å². The minimum absolute atomic E-state index is 0.460. The van der Waals surface area contributed by atoms with Crippen LogP contribution in [-0.4, -0.2) is 26.0 Å². The monoisotopic (exact) mass is 184 g/mol. The summed E-state index contributed by atoms with van der Waals surface area (Å²) < 4.78 is 1.62. The minimum Gasteiger partial charge on any atom is -0.391 e. The van der Waals surface area contributed by atoms with Gasteiger partial charge >= 0.3 is 0 Å².